The van der Waals surface area contributed by atoms with Crippen molar-refractivity contribution in [3.05, 3.63) is 99.2 Å². The molecule has 1 aromatic heterocycles. The average molecular weight is 433 g/mol. The summed E-state index contributed by atoms with van der Waals surface area (Å²) in [6.07, 6.45) is 0. The summed E-state index contributed by atoms with van der Waals surface area (Å²) in [5, 5.41) is 0.577. The lowest BCUT2D eigenvalue weighted by atomic mass is 9.86. The van der Waals surface area contributed by atoms with Gasteiger partial charge in [-0.3, -0.25) is 4.79 Å². The Kier molecular flexibility index (Phi) is 5.42. The summed E-state index contributed by atoms with van der Waals surface area (Å²) in [6, 6.07) is 21.1. The fraction of sp³-hybridized carbons (Fsp3) is 0.154. The molecule has 1 heterocycles. The van der Waals surface area contributed by atoms with Gasteiger partial charge in [0.05, 0.1) is 16.0 Å². The van der Waals surface area contributed by atoms with E-state index in [4.69, 9.17) is 20.8 Å². The number of ether oxygens (including phenoxy) is 1. The quantitative estimate of drug-likeness (QED) is 0.341. The summed E-state index contributed by atoms with van der Waals surface area (Å²) in [6.45, 7) is 6.36. The van der Waals surface area contributed by atoms with Gasteiger partial charge in [-0.2, -0.15) is 0 Å². The van der Waals surface area contributed by atoms with Crippen LogP contribution in [0.3, 0.4) is 0 Å². The number of rotatable bonds is 3. The molecule has 3 aromatic carbocycles. The van der Waals surface area contributed by atoms with E-state index in [0.29, 0.717) is 16.5 Å². The number of carbonyl (C=O) groups excluding carboxylic acids is 1. The van der Waals surface area contributed by atoms with Crippen LogP contribution in [0, 0.1) is 0 Å². The first kappa shape index (κ1) is 20.9. The molecule has 31 heavy (non-hydrogen) atoms. The molecule has 0 saturated carbocycles. The summed E-state index contributed by atoms with van der Waals surface area (Å²) in [5.41, 5.74) is 1.91. The minimum absolute atomic E-state index is 0.0257. The van der Waals surface area contributed by atoms with Crippen LogP contribution in [0.25, 0.3) is 22.3 Å². The molecular formula is C26H21ClO4. The van der Waals surface area contributed by atoms with Crippen molar-refractivity contribution in [1.82, 2.24) is 0 Å². The maximum atomic E-state index is 13.2. The number of esters is 1. The van der Waals surface area contributed by atoms with Gasteiger partial charge in [-0.1, -0.05) is 80.9 Å². The molecule has 5 heteroatoms. The zero-order chi connectivity index (χ0) is 22.2. The fourth-order valence-corrected chi connectivity index (χ4v) is 3.52. The molecule has 4 rings (SSSR count). The number of para-hydroxylation sites is 1. The number of hydrogen-bond acceptors (Lipinski definition) is 4. The Morgan fingerprint density at radius 3 is 2.23 bits per heavy atom. The zero-order valence-corrected chi connectivity index (χ0v) is 18.2. The molecule has 0 spiro atoms. The second-order valence-corrected chi connectivity index (χ2v) is 8.69. The van der Waals surface area contributed by atoms with Gasteiger partial charge in [0.15, 0.2) is 5.76 Å². The normalized spacial score (nSPS) is 11.5. The van der Waals surface area contributed by atoms with E-state index in [1.54, 1.807) is 48.5 Å². The monoisotopic (exact) mass is 432 g/mol. The highest BCUT2D eigenvalue weighted by molar-refractivity contribution is 6.33. The molecule has 0 atom stereocenters. The van der Waals surface area contributed by atoms with Crippen LogP contribution >= 0.6 is 11.6 Å². The lowest BCUT2D eigenvalue weighted by Gasteiger charge is -2.19. The Morgan fingerprint density at radius 2 is 1.55 bits per heavy atom. The van der Waals surface area contributed by atoms with Crippen molar-refractivity contribution in [1.29, 1.82) is 0 Å². The molecule has 4 aromatic rings. The van der Waals surface area contributed by atoms with Gasteiger partial charge in [-0.05, 0) is 35.2 Å². The third-order valence-corrected chi connectivity index (χ3v) is 5.39. The molecule has 0 saturated heterocycles. The predicted octanol–water partition coefficient (Wildman–Crippen LogP) is 6.63. The van der Waals surface area contributed by atoms with Crippen molar-refractivity contribution >= 4 is 28.5 Å². The minimum Gasteiger partial charge on any atom is -0.452 e. The van der Waals surface area contributed by atoms with Gasteiger partial charge >= 0.3 is 5.97 Å². The Bertz CT molecular complexity index is 1330. The van der Waals surface area contributed by atoms with Crippen LogP contribution < -0.4 is 10.2 Å². The smallest absolute Gasteiger partial charge is 0.345 e. The number of carbonyl (C=O) groups is 1. The Morgan fingerprint density at radius 1 is 0.903 bits per heavy atom. The third-order valence-electron chi connectivity index (χ3n) is 5.06. The molecule has 0 fully saturated rings. The molecule has 0 amide bonds. The topological polar surface area (TPSA) is 56.5 Å². The van der Waals surface area contributed by atoms with Crippen LogP contribution in [0.1, 0.15) is 36.7 Å². The average Bonchev–Trinajstić information content (AvgIpc) is 2.75. The van der Waals surface area contributed by atoms with E-state index >= 15 is 0 Å². The van der Waals surface area contributed by atoms with Crippen LogP contribution in [-0.2, 0) is 5.41 Å². The molecule has 0 aliphatic carbocycles. The van der Waals surface area contributed by atoms with Gasteiger partial charge in [0.25, 0.3) is 0 Å². The number of fused-ring (bicyclic) bond motifs is 1. The van der Waals surface area contributed by atoms with Crippen molar-refractivity contribution in [3.8, 4) is 17.1 Å². The zero-order valence-electron chi connectivity index (χ0n) is 17.4. The highest BCUT2D eigenvalue weighted by Crippen LogP contribution is 2.33. The van der Waals surface area contributed by atoms with Crippen molar-refractivity contribution in [2.75, 3.05) is 0 Å². The SMILES string of the molecule is CC(C)(C)c1ccc(-c2oc3ccccc3c(=O)c2OC(=O)c2ccccc2Cl)cc1. The second kappa shape index (κ2) is 8.05. The van der Waals surface area contributed by atoms with Crippen LogP contribution in [0.4, 0.5) is 0 Å². The molecule has 0 unspecified atom stereocenters. The van der Waals surface area contributed by atoms with E-state index in [2.05, 4.69) is 20.8 Å². The standard InChI is InChI=1S/C26H21ClO4/c1-26(2,3)17-14-12-16(13-15-17)23-24(22(28)19-9-5-7-11-21(19)30-23)31-25(29)18-8-4-6-10-20(18)27/h4-15H,1-3H3. The summed E-state index contributed by atoms with van der Waals surface area (Å²) >= 11 is 6.13. The molecule has 0 aliphatic heterocycles. The molecule has 0 aliphatic rings. The van der Waals surface area contributed by atoms with Gasteiger partial charge in [0, 0.05) is 5.56 Å². The van der Waals surface area contributed by atoms with Gasteiger partial charge in [-0.15, -0.1) is 0 Å². The maximum Gasteiger partial charge on any atom is 0.345 e. The fourth-order valence-electron chi connectivity index (χ4n) is 3.30. The highest BCUT2D eigenvalue weighted by atomic mass is 35.5. The largest absolute Gasteiger partial charge is 0.452 e. The van der Waals surface area contributed by atoms with E-state index in [1.807, 2.05) is 24.3 Å². The van der Waals surface area contributed by atoms with Crippen LogP contribution in [0.15, 0.2) is 82.0 Å². The van der Waals surface area contributed by atoms with E-state index in [1.165, 1.54) is 0 Å². The minimum atomic E-state index is -0.722. The Balaban J connectivity index is 1.87. The van der Waals surface area contributed by atoms with Gasteiger partial charge in [0.1, 0.15) is 5.58 Å². The first-order chi connectivity index (χ1) is 14.8. The molecule has 0 N–H and O–H groups in total. The number of halogens is 1. The van der Waals surface area contributed by atoms with E-state index in [-0.39, 0.29) is 27.5 Å². The summed E-state index contributed by atoms with van der Waals surface area (Å²) < 4.78 is 11.6. The lowest BCUT2D eigenvalue weighted by molar-refractivity contribution is 0.0731. The van der Waals surface area contributed by atoms with E-state index in [0.717, 1.165) is 5.56 Å². The highest BCUT2D eigenvalue weighted by Gasteiger charge is 2.23. The Labute approximate surface area is 185 Å². The van der Waals surface area contributed by atoms with Crippen molar-refractivity contribution in [3.63, 3.8) is 0 Å². The molecule has 0 radical (unpaired) electrons. The van der Waals surface area contributed by atoms with Crippen molar-refractivity contribution in [2.24, 2.45) is 0 Å². The van der Waals surface area contributed by atoms with Crippen molar-refractivity contribution < 1.29 is 13.9 Å². The maximum absolute atomic E-state index is 13.2. The molecule has 0 bridgehead atoms. The van der Waals surface area contributed by atoms with E-state index in [9.17, 15) is 9.59 Å². The Hall–Kier alpha value is -3.37. The van der Waals surface area contributed by atoms with Crippen LogP contribution in [-0.4, -0.2) is 5.97 Å². The summed E-state index contributed by atoms with van der Waals surface area (Å²) in [4.78, 5) is 26.0. The molecule has 156 valence electrons. The third kappa shape index (κ3) is 4.12. The molecule has 4 nitrogen and oxygen atoms in total. The first-order valence-electron chi connectivity index (χ1n) is 9.89. The second-order valence-electron chi connectivity index (χ2n) is 8.28. The van der Waals surface area contributed by atoms with Crippen molar-refractivity contribution in [2.45, 2.75) is 26.2 Å². The summed E-state index contributed by atoms with van der Waals surface area (Å²) in [5.74, 6) is -0.683. The molecular weight excluding hydrogens is 412 g/mol. The van der Waals surface area contributed by atoms with Gasteiger partial charge in [0.2, 0.25) is 11.2 Å². The first-order valence-corrected chi connectivity index (χ1v) is 10.3. The summed E-state index contributed by atoms with van der Waals surface area (Å²) in [7, 11) is 0. The van der Waals surface area contributed by atoms with Crippen LogP contribution in [0.5, 0.6) is 5.75 Å². The number of hydrogen-bond donors (Lipinski definition) is 0. The van der Waals surface area contributed by atoms with Gasteiger partial charge in [-0.25, -0.2) is 4.79 Å². The van der Waals surface area contributed by atoms with Gasteiger partial charge < -0.3 is 9.15 Å². The number of benzene rings is 3. The predicted molar refractivity (Wildman–Crippen MR) is 123 cm³/mol. The lowest BCUT2D eigenvalue weighted by Crippen LogP contribution is -2.16. The van der Waals surface area contributed by atoms with Crippen LogP contribution in [0.2, 0.25) is 5.02 Å². The van der Waals surface area contributed by atoms with E-state index < -0.39 is 11.4 Å².